The minimum absolute atomic E-state index is 0. The average molecular weight is 455 g/mol. The Labute approximate surface area is 176 Å². The first-order valence-corrected chi connectivity index (χ1v) is 9.52. The van der Waals surface area contributed by atoms with Crippen LogP contribution < -0.4 is 17.4 Å². The number of aryl methyl sites for hydroxylation is 1. The summed E-state index contributed by atoms with van der Waals surface area (Å²) >= 11 is 5.88. The van der Waals surface area contributed by atoms with Gasteiger partial charge in [0.25, 0.3) is 0 Å². The number of halogens is 1. The van der Waals surface area contributed by atoms with Crippen molar-refractivity contribution in [1.29, 1.82) is 0 Å². The zero-order chi connectivity index (χ0) is 20.6. The van der Waals surface area contributed by atoms with Gasteiger partial charge in [-0.1, -0.05) is 41.6 Å². The number of hydrogen-bond donors (Lipinski definition) is 3. The van der Waals surface area contributed by atoms with Crippen LogP contribution in [-0.4, -0.2) is 24.0 Å². The molecule has 0 aliphatic heterocycles. The lowest BCUT2D eigenvalue weighted by molar-refractivity contribution is -0.267. The molecule has 160 valence electrons. The van der Waals surface area contributed by atoms with Gasteiger partial charge in [-0.25, -0.2) is 13.2 Å². The van der Waals surface area contributed by atoms with E-state index in [0.717, 1.165) is 6.07 Å². The first-order valence-electron chi connectivity index (χ1n) is 7.73. The maximum Gasteiger partial charge on any atom is 0.335 e. The van der Waals surface area contributed by atoms with E-state index in [1.54, 1.807) is 31.2 Å². The van der Waals surface area contributed by atoms with Crippen LogP contribution in [0.5, 0.6) is 5.75 Å². The Morgan fingerprint density at radius 3 is 2.33 bits per heavy atom. The summed E-state index contributed by atoms with van der Waals surface area (Å²) in [5, 5.41) is 30.1. The molecule has 0 bridgehead atoms. The summed E-state index contributed by atoms with van der Waals surface area (Å²) < 4.78 is 34.5. The number of fused-ring (bicyclic) bond motifs is 1. The molecule has 0 unspecified atom stereocenters. The maximum absolute atomic E-state index is 12.5. The van der Waals surface area contributed by atoms with Gasteiger partial charge in [0.15, 0.2) is 0 Å². The average Bonchev–Trinajstić information content (AvgIpc) is 2.61. The molecule has 3 aromatic rings. The zero-order valence-corrected chi connectivity index (χ0v) is 17.8. The van der Waals surface area contributed by atoms with Gasteiger partial charge in [0, 0.05) is 10.4 Å². The number of carboxylic acids is 1. The lowest BCUT2D eigenvalue weighted by Gasteiger charge is -2.16. The number of carboxylic acid groups (broad SMARTS) is 1. The van der Waals surface area contributed by atoms with Gasteiger partial charge in [-0.3, -0.25) is 0 Å². The van der Waals surface area contributed by atoms with Crippen LogP contribution in [0.3, 0.4) is 0 Å². The van der Waals surface area contributed by atoms with Crippen molar-refractivity contribution >= 4 is 49.8 Å². The molecule has 0 aliphatic rings. The summed E-state index contributed by atoms with van der Waals surface area (Å²) in [5.41, 5.74) is -0.649. The molecule has 0 aromatic heterocycles. The van der Waals surface area contributed by atoms with E-state index in [4.69, 9.17) is 11.6 Å². The lowest BCUT2D eigenvalue weighted by atomic mass is 10.0. The van der Waals surface area contributed by atoms with Crippen LogP contribution in [0.15, 0.2) is 57.6 Å². The number of quaternary nitrogens is 2. The van der Waals surface area contributed by atoms with Gasteiger partial charge in [0.1, 0.15) is 15.8 Å². The Kier molecular flexibility index (Phi) is 7.61. The quantitative estimate of drug-likeness (QED) is 0.376. The number of benzene rings is 3. The molecule has 3 rings (SSSR count). The summed E-state index contributed by atoms with van der Waals surface area (Å²) in [6, 6.07) is 9.85. The van der Waals surface area contributed by atoms with Crippen LogP contribution in [0.25, 0.3) is 10.8 Å². The van der Waals surface area contributed by atoms with Gasteiger partial charge >= 0.3 is 5.97 Å². The van der Waals surface area contributed by atoms with Crippen molar-refractivity contribution in [2.75, 3.05) is 0 Å². The van der Waals surface area contributed by atoms with E-state index in [2.05, 4.69) is 10.2 Å². The second-order valence-corrected chi connectivity index (χ2v) is 7.61. The third-order valence-electron chi connectivity index (χ3n) is 3.97. The fourth-order valence-corrected chi connectivity index (χ4v) is 3.44. The van der Waals surface area contributed by atoms with Gasteiger partial charge in [-0.15, -0.1) is 5.11 Å². The van der Waals surface area contributed by atoms with E-state index in [1.165, 1.54) is 12.1 Å². The number of azo groups is 1. The SMILES string of the molecule is Cc1cc(N=Nc2c([O-])c(C(=O)O)cc3ccccc23)c(S(=O)(=O)[O-])cc1Cl.[NH4+].[NH4+]. The summed E-state index contributed by atoms with van der Waals surface area (Å²) in [4.78, 5) is 10.7. The number of rotatable bonds is 4. The lowest BCUT2D eigenvalue weighted by Crippen LogP contribution is -2.04. The normalized spacial score (nSPS) is 11.2. The van der Waals surface area contributed by atoms with Crippen molar-refractivity contribution in [2.24, 2.45) is 10.2 Å². The first-order chi connectivity index (χ1) is 13.1. The third-order valence-corrected chi connectivity index (χ3v) is 5.25. The monoisotopic (exact) mass is 454 g/mol. The van der Waals surface area contributed by atoms with Crippen LogP contribution in [-0.2, 0) is 10.1 Å². The van der Waals surface area contributed by atoms with Crippen molar-refractivity contribution in [3.05, 3.63) is 58.6 Å². The second kappa shape index (κ2) is 9.15. The van der Waals surface area contributed by atoms with Crippen LogP contribution in [0.2, 0.25) is 5.02 Å². The Morgan fingerprint density at radius 2 is 1.73 bits per heavy atom. The highest BCUT2D eigenvalue weighted by molar-refractivity contribution is 7.86. The van der Waals surface area contributed by atoms with E-state index in [1.807, 2.05) is 0 Å². The van der Waals surface area contributed by atoms with Crippen molar-refractivity contribution < 1.29 is 28.0 Å². The van der Waals surface area contributed by atoms with Gasteiger partial charge in [0.05, 0.1) is 16.1 Å². The van der Waals surface area contributed by atoms with Crippen LogP contribution >= 0.6 is 11.6 Å². The minimum Gasteiger partial charge on any atom is -0.870 e. The summed E-state index contributed by atoms with van der Waals surface area (Å²) in [6.45, 7) is 1.57. The van der Waals surface area contributed by atoms with Crippen molar-refractivity contribution in [1.82, 2.24) is 12.3 Å². The van der Waals surface area contributed by atoms with E-state index in [0.29, 0.717) is 16.3 Å². The molecule has 9 N–H and O–H groups in total. The standard InChI is InChI=1S/C18H13ClN2O6S.2H3N/c1-9-6-14(15(8-13(9)19)28(25,26)27)20-21-16-11-5-3-2-4-10(11)7-12(17(16)22)18(23)24;;/h2-8,22H,1H3,(H,23,24)(H,25,26,27);2*1H3. The third kappa shape index (κ3) is 4.72. The molecule has 12 heteroatoms. The molecule has 30 heavy (non-hydrogen) atoms. The summed E-state index contributed by atoms with van der Waals surface area (Å²) in [5.74, 6) is -2.32. The van der Waals surface area contributed by atoms with Crippen molar-refractivity contribution in [3.63, 3.8) is 0 Å². The van der Waals surface area contributed by atoms with Gasteiger partial charge in [-0.05, 0) is 36.1 Å². The predicted molar refractivity (Wildman–Crippen MR) is 111 cm³/mol. The van der Waals surface area contributed by atoms with Crippen LogP contribution in [0, 0.1) is 6.92 Å². The molecule has 0 heterocycles. The molecule has 10 nitrogen and oxygen atoms in total. The van der Waals surface area contributed by atoms with E-state index >= 15 is 0 Å². The molecule has 0 amide bonds. The molecule has 0 aliphatic carbocycles. The zero-order valence-electron chi connectivity index (χ0n) is 16.2. The fourth-order valence-electron chi connectivity index (χ4n) is 2.60. The van der Waals surface area contributed by atoms with Gasteiger partial charge < -0.3 is 27.1 Å². The molecular formula is C18H19ClN4O6S. The second-order valence-electron chi connectivity index (χ2n) is 5.85. The molecule has 0 radical (unpaired) electrons. The topological polar surface area (TPSA) is 215 Å². The Hall–Kier alpha value is -3.09. The minimum atomic E-state index is -4.91. The summed E-state index contributed by atoms with van der Waals surface area (Å²) in [6.07, 6.45) is 0. The highest BCUT2D eigenvalue weighted by Gasteiger charge is 2.14. The number of hydrogen-bond acceptors (Lipinski definition) is 7. The Balaban J connectivity index is 0.00000225. The van der Waals surface area contributed by atoms with Gasteiger partial charge in [-0.2, -0.15) is 5.11 Å². The molecule has 3 aromatic carbocycles. The van der Waals surface area contributed by atoms with Crippen LogP contribution in [0.1, 0.15) is 15.9 Å². The molecule has 0 saturated heterocycles. The maximum atomic E-state index is 12.5. The molecule has 0 spiro atoms. The molecule has 0 saturated carbocycles. The number of nitrogens with zero attached hydrogens (tertiary/aromatic N) is 2. The van der Waals surface area contributed by atoms with Crippen molar-refractivity contribution in [2.45, 2.75) is 11.8 Å². The highest BCUT2D eigenvalue weighted by Crippen LogP contribution is 2.39. The molecular weight excluding hydrogens is 436 g/mol. The van der Waals surface area contributed by atoms with E-state index in [9.17, 15) is 28.0 Å². The smallest absolute Gasteiger partial charge is 0.335 e. The Bertz CT molecular complexity index is 1260. The fraction of sp³-hybridized carbons (Fsp3) is 0.0556. The number of aromatic carboxylic acids is 1. The first kappa shape index (κ1) is 24.9. The predicted octanol–water partition coefficient (Wildman–Crippen LogP) is 4.65. The van der Waals surface area contributed by atoms with Crippen molar-refractivity contribution in [3.8, 4) is 5.75 Å². The molecule has 0 fully saturated rings. The molecule has 0 atom stereocenters. The van der Waals surface area contributed by atoms with Crippen LogP contribution in [0.4, 0.5) is 11.4 Å². The largest absolute Gasteiger partial charge is 0.870 e. The highest BCUT2D eigenvalue weighted by atomic mass is 35.5. The van der Waals surface area contributed by atoms with Gasteiger partial charge in [0.2, 0.25) is 0 Å². The van der Waals surface area contributed by atoms with E-state index < -0.39 is 32.3 Å². The number of carbonyl (C=O) groups is 1. The van der Waals surface area contributed by atoms with E-state index in [-0.39, 0.29) is 28.7 Å². The summed E-state index contributed by atoms with van der Waals surface area (Å²) in [7, 11) is -4.91. The Morgan fingerprint density at radius 1 is 1.10 bits per heavy atom.